The van der Waals surface area contributed by atoms with Crippen molar-refractivity contribution in [2.75, 3.05) is 5.32 Å². The average molecular weight is 484 g/mol. The summed E-state index contributed by atoms with van der Waals surface area (Å²) < 4.78 is 39.5. The number of anilines is 1. The van der Waals surface area contributed by atoms with Crippen LogP contribution >= 0.6 is 23.2 Å². The first-order chi connectivity index (χ1) is 15.0. The van der Waals surface area contributed by atoms with Gasteiger partial charge in [-0.3, -0.25) is 14.9 Å². The number of imide groups is 1. The standard InChI is InChI=1S/C21H14Cl2F3N3O3/c22-16-7-6-15(9-17(16)23)27-20(32)28-19(31)13-3-1-12(2-4-13)10-29-11-14(21(24,25)26)5-8-18(29)30/h1-9,11H,10H2,(H2,27,28,31,32). The number of carbonyl (C=O) groups excluding carboxylic acids is 2. The van der Waals surface area contributed by atoms with Crippen molar-refractivity contribution in [3.63, 3.8) is 0 Å². The average Bonchev–Trinajstić information content (AvgIpc) is 2.72. The highest BCUT2D eigenvalue weighted by atomic mass is 35.5. The number of nitrogens with one attached hydrogen (secondary N) is 2. The Morgan fingerprint density at radius 1 is 0.938 bits per heavy atom. The van der Waals surface area contributed by atoms with Crippen LogP contribution in [0.1, 0.15) is 21.5 Å². The molecule has 3 amide bonds. The normalized spacial score (nSPS) is 11.2. The smallest absolute Gasteiger partial charge is 0.311 e. The van der Waals surface area contributed by atoms with Gasteiger partial charge in [0, 0.05) is 23.5 Å². The number of halogens is 5. The summed E-state index contributed by atoms with van der Waals surface area (Å²) in [5, 5.41) is 5.10. The van der Waals surface area contributed by atoms with E-state index in [9.17, 15) is 27.6 Å². The number of carbonyl (C=O) groups is 2. The van der Waals surface area contributed by atoms with Crippen LogP contribution in [-0.4, -0.2) is 16.5 Å². The largest absolute Gasteiger partial charge is 0.417 e. The van der Waals surface area contributed by atoms with E-state index in [4.69, 9.17) is 23.2 Å². The fraction of sp³-hybridized carbons (Fsp3) is 0.0952. The summed E-state index contributed by atoms with van der Waals surface area (Å²) in [7, 11) is 0. The minimum atomic E-state index is -4.57. The number of hydrogen-bond acceptors (Lipinski definition) is 3. The molecule has 1 aromatic heterocycles. The lowest BCUT2D eigenvalue weighted by Crippen LogP contribution is -2.34. The van der Waals surface area contributed by atoms with Gasteiger partial charge in [-0.2, -0.15) is 13.2 Å². The Morgan fingerprint density at radius 3 is 2.25 bits per heavy atom. The molecule has 0 aliphatic heterocycles. The van der Waals surface area contributed by atoms with Crippen molar-refractivity contribution < 1.29 is 22.8 Å². The van der Waals surface area contributed by atoms with Crippen molar-refractivity contribution in [1.82, 2.24) is 9.88 Å². The number of aromatic nitrogens is 1. The van der Waals surface area contributed by atoms with Crippen LogP contribution in [-0.2, 0) is 12.7 Å². The van der Waals surface area contributed by atoms with Crippen LogP contribution in [0.3, 0.4) is 0 Å². The molecule has 32 heavy (non-hydrogen) atoms. The summed E-state index contributed by atoms with van der Waals surface area (Å²) in [5.74, 6) is -0.703. The number of rotatable bonds is 4. The highest BCUT2D eigenvalue weighted by Gasteiger charge is 2.31. The maximum atomic E-state index is 12.9. The molecule has 0 saturated heterocycles. The van der Waals surface area contributed by atoms with Crippen LogP contribution in [0.15, 0.2) is 65.6 Å². The second-order valence-electron chi connectivity index (χ2n) is 6.62. The molecule has 166 valence electrons. The van der Waals surface area contributed by atoms with E-state index in [0.717, 1.165) is 22.9 Å². The summed E-state index contributed by atoms with van der Waals surface area (Å²) in [6, 6.07) is 10.9. The SMILES string of the molecule is O=C(NC(=O)c1ccc(Cn2cc(C(F)(F)F)ccc2=O)cc1)Nc1ccc(Cl)c(Cl)c1. The predicted molar refractivity (Wildman–Crippen MR) is 114 cm³/mol. The first-order valence-corrected chi connectivity index (χ1v) is 9.72. The van der Waals surface area contributed by atoms with Gasteiger partial charge in [-0.05, 0) is 42.0 Å². The molecule has 0 atom stereocenters. The molecular formula is C21H14Cl2F3N3O3. The lowest BCUT2D eigenvalue weighted by atomic mass is 10.1. The first kappa shape index (κ1) is 23.4. The number of urea groups is 1. The van der Waals surface area contributed by atoms with Gasteiger partial charge in [0.2, 0.25) is 0 Å². The Hall–Kier alpha value is -3.30. The molecule has 6 nitrogen and oxygen atoms in total. The predicted octanol–water partition coefficient (Wildman–Crippen LogP) is 5.18. The molecule has 1 heterocycles. The molecule has 2 aromatic carbocycles. The number of amides is 3. The Labute approximate surface area is 189 Å². The number of nitrogens with zero attached hydrogens (tertiary/aromatic N) is 1. The number of benzene rings is 2. The molecular weight excluding hydrogens is 470 g/mol. The van der Waals surface area contributed by atoms with E-state index in [0.29, 0.717) is 16.3 Å². The monoisotopic (exact) mass is 483 g/mol. The third-order valence-corrected chi connectivity index (χ3v) is 5.02. The Morgan fingerprint density at radius 2 is 1.62 bits per heavy atom. The van der Waals surface area contributed by atoms with Gasteiger partial charge in [0.05, 0.1) is 22.2 Å². The van der Waals surface area contributed by atoms with Crippen molar-refractivity contribution in [2.45, 2.75) is 12.7 Å². The summed E-state index contributed by atoms with van der Waals surface area (Å²) in [6.07, 6.45) is -3.84. The minimum absolute atomic E-state index is 0.123. The van der Waals surface area contributed by atoms with Crippen LogP contribution in [0.5, 0.6) is 0 Å². The molecule has 0 bridgehead atoms. The number of pyridine rings is 1. The molecule has 3 rings (SSSR count). The Balaban J connectivity index is 1.65. The highest BCUT2D eigenvalue weighted by molar-refractivity contribution is 6.42. The van der Waals surface area contributed by atoms with Crippen LogP contribution in [0.4, 0.5) is 23.7 Å². The molecule has 3 aromatic rings. The third-order valence-electron chi connectivity index (χ3n) is 4.28. The van der Waals surface area contributed by atoms with E-state index in [1.54, 1.807) is 0 Å². The third kappa shape index (κ3) is 5.89. The fourth-order valence-electron chi connectivity index (χ4n) is 2.69. The van der Waals surface area contributed by atoms with Crippen LogP contribution < -0.4 is 16.2 Å². The van der Waals surface area contributed by atoms with Crippen LogP contribution in [0.2, 0.25) is 10.0 Å². The van der Waals surface area contributed by atoms with E-state index in [1.807, 2.05) is 0 Å². The molecule has 0 saturated carbocycles. The zero-order valence-corrected chi connectivity index (χ0v) is 17.6. The Bertz CT molecular complexity index is 1230. The second-order valence-corrected chi connectivity index (χ2v) is 7.43. The summed E-state index contributed by atoms with van der Waals surface area (Å²) in [5.41, 5.74) is -0.593. The quantitative estimate of drug-likeness (QED) is 0.536. The highest BCUT2D eigenvalue weighted by Crippen LogP contribution is 2.28. The number of hydrogen-bond donors (Lipinski definition) is 2. The maximum absolute atomic E-state index is 12.9. The first-order valence-electron chi connectivity index (χ1n) is 8.97. The zero-order valence-electron chi connectivity index (χ0n) is 16.0. The molecule has 0 radical (unpaired) electrons. The van der Waals surface area contributed by atoms with E-state index >= 15 is 0 Å². The summed E-state index contributed by atoms with van der Waals surface area (Å²) in [6.45, 7) is -0.123. The van der Waals surface area contributed by atoms with Crippen molar-refractivity contribution in [2.24, 2.45) is 0 Å². The maximum Gasteiger partial charge on any atom is 0.417 e. The van der Waals surface area contributed by atoms with Crippen molar-refractivity contribution >= 4 is 40.8 Å². The molecule has 2 N–H and O–H groups in total. The molecule has 0 unspecified atom stereocenters. The molecule has 0 aliphatic rings. The van der Waals surface area contributed by atoms with Gasteiger partial charge in [0.25, 0.3) is 11.5 Å². The van der Waals surface area contributed by atoms with Crippen molar-refractivity contribution in [3.8, 4) is 0 Å². The van der Waals surface area contributed by atoms with Gasteiger partial charge >= 0.3 is 12.2 Å². The topological polar surface area (TPSA) is 80.2 Å². The van der Waals surface area contributed by atoms with Crippen molar-refractivity contribution in [1.29, 1.82) is 0 Å². The van der Waals surface area contributed by atoms with E-state index in [1.165, 1.54) is 42.5 Å². The van der Waals surface area contributed by atoms with E-state index in [-0.39, 0.29) is 17.1 Å². The molecule has 0 fully saturated rings. The summed E-state index contributed by atoms with van der Waals surface area (Å²) >= 11 is 11.7. The lowest BCUT2D eigenvalue weighted by molar-refractivity contribution is -0.138. The van der Waals surface area contributed by atoms with Gasteiger partial charge in [0.1, 0.15) is 0 Å². The van der Waals surface area contributed by atoms with E-state index in [2.05, 4.69) is 10.6 Å². The van der Waals surface area contributed by atoms with Gasteiger partial charge in [-0.15, -0.1) is 0 Å². The van der Waals surface area contributed by atoms with Gasteiger partial charge in [-0.25, -0.2) is 4.79 Å². The Kier molecular flexibility index (Phi) is 6.90. The lowest BCUT2D eigenvalue weighted by Gasteiger charge is -2.11. The van der Waals surface area contributed by atoms with Gasteiger partial charge in [0.15, 0.2) is 0 Å². The second kappa shape index (κ2) is 9.46. The minimum Gasteiger partial charge on any atom is -0.311 e. The van der Waals surface area contributed by atoms with Crippen LogP contribution in [0, 0.1) is 0 Å². The summed E-state index contributed by atoms with van der Waals surface area (Å²) in [4.78, 5) is 36.1. The number of alkyl halides is 3. The zero-order chi connectivity index (χ0) is 23.5. The van der Waals surface area contributed by atoms with E-state index < -0.39 is 29.2 Å². The van der Waals surface area contributed by atoms with Crippen molar-refractivity contribution in [3.05, 3.63) is 97.9 Å². The van der Waals surface area contributed by atoms with Gasteiger partial charge < -0.3 is 9.88 Å². The molecule has 0 aliphatic carbocycles. The molecule has 11 heteroatoms. The van der Waals surface area contributed by atoms with Gasteiger partial charge in [-0.1, -0.05) is 35.3 Å². The van der Waals surface area contributed by atoms with Crippen LogP contribution in [0.25, 0.3) is 0 Å². The fourth-order valence-corrected chi connectivity index (χ4v) is 2.99. The molecule has 0 spiro atoms.